The lowest BCUT2D eigenvalue weighted by Gasteiger charge is -2.23. The maximum Gasteiger partial charge on any atom is 0.271 e. The molecule has 0 radical (unpaired) electrons. The van der Waals surface area contributed by atoms with Crippen LogP contribution in [0.2, 0.25) is 0 Å². The maximum atomic E-state index is 13.3. The molecule has 0 atom stereocenters. The topological polar surface area (TPSA) is 25.2 Å². The summed E-state index contributed by atoms with van der Waals surface area (Å²) in [5.41, 5.74) is 1.47. The van der Waals surface area contributed by atoms with Gasteiger partial charge >= 0.3 is 0 Å². The van der Waals surface area contributed by atoms with Crippen LogP contribution in [0, 0.1) is 5.82 Å². The normalized spacial score (nSPS) is 14.2. The van der Waals surface area contributed by atoms with Crippen LogP contribution in [0.15, 0.2) is 41.0 Å². The summed E-state index contributed by atoms with van der Waals surface area (Å²) >= 11 is 3.39. The monoisotopic (exact) mass is 350 g/mol. The van der Waals surface area contributed by atoms with Gasteiger partial charge in [0.15, 0.2) is 0 Å². The first-order valence-electron chi connectivity index (χ1n) is 6.92. The average molecular weight is 351 g/mol. The number of carbonyl (C=O) groups excluding carboxylic acids is 1. The van der Waals surface area contributed by atoms with E-state index in [2.05, 4.69) is 15.9 Å². The number of amides is 1. The zero-order valence-electron chi connectivity index (χ0n) is 11.7. The number of aryl methyl sites for hydroxylation is 1. The summed E-state index contributed by atoms with van der Waals surface area (Å²) in [6.07, 6.45) is 3.90. The Kier molecular flexibility index (Phi) is 3.85. The van der Waals surface area contributed by atoms with E-state index < -0.39 is 0 Å². The second kappa shape index (κ2) is 5.64. The molecule has 1 aromatic heterocycles. The lowest BCUT2D eigenvalue weighted by atomic mass is 10.2. The van der Waals surface area contributed by atoms with Crippen LogP contribution in [0.25, 0.3) is 0 Å². The molecule has 0 bridgehead atoms. The van der Waals surface area contributed by atoms with E-state index >= 15 is 0 Å². The zero-order chi connectivity index (χ0) is 15.0. The summed E-state index contributed by atoms with van der Waals surface area (Å²) in [6.45, 7) is 0.448. The molecule has 3 nitrogen and oxygen atoms in total. The van der Waals surface area contributed by atoms with Gasteiger partial charge in [-0.1, -0.05) is 12.1 Å². The zero-order valence-corrected chi connectivity index (χ0v) is 13.3. The van der Waals surface area contributed by atoms with Crippen molar-refractivity contribution < 1.29 is 9.18 Å². The second-order valence-corrected chi connectivity index (χ2v) is 6.36. The van der Waals surface area contributed by atoms with E-state index in [-0.39, 0.29) is 17.8 Å². The summed E-state index contributed by atoms with van der Waals surface area (Å²) < 4.78 is 16.0. The quantitative estimate of drug-likeness (QED) is 0.824. The van der Waals surface area contributed by atoms with Crippen molar-refractivity contribution in [2.75, 3.05) is 0 Å². The van der Waals surface area contributed by atoms with Crippen molar-refractivity contribution in [2.45, 2.75) is 25.4 Å². The minimum atomic E-state index is -0.266. The third-order valence-electron chi connectivity index (χ3n) is 3.68. The highest BCUT2D eigenvalue weighted by atomic mass is 79.9. The molecular weight excluding hydrogens is 335 g/mol. The fourth-order valence-corrected chi connectivity index (χ4v) is 2.99. The van der Waals surface area contributed by atoms with Gasteiger partial charge in [-0.25, -0.2) is 4.39 Å². The van der Waals surface area contributed by atoms with Crippen molar-refractivity contribution in [1.82, 2.24) is 9.47 Å². The molecule has 2 aromatic rings. The highest BCUT2D eigenvalue weighted by Gasteiger charge is 2.34. The van der Waals surface area contributed by atoms with Crippen molar-refractivity contribution in [3.8, 4) is 0 Å². The van der Waals surface area contributed by atoms with Gasteiger partial charge in [-0.15, -0.1) is 0 Å². The van der Waals surface area contributed by atoms with Gasteiger partial charge in [0, 0.05) is 30.3 Å². The Morgan fingerprint density at radius 1 is 1.43 bits per heavy atom. The highest BCUT2D eigenvalue weighted by Crippen LogP contribution is 2.30. The fourth-order valence-electron chi connectivity index (χ4n) is 2.47. The first-order chi connectivity index (χ1) is 10.0. The standard InChI is InChI=1S/C16H16BrFN2O/c1-19-10-12(17)8-15(19)16(21)20(14-5-6-14)9-11-3-2-4-13(18)7-11/h2-4,7-8,10,14H,5-6,9H2,1H3. The van der Waals surface area contributed by atoms with E-state index in [9.17, 15) is 9.18 Å². The Bertz CT molecular complexity index is 679. The van der Waals surface area contributed by atoms with E-state index in [1.165, 1.54) is 12.1 Å². The Morgan fingerprint density at radius 2 is 2.19 bits per heavy atom. The van der Waals surface area contributed by atoms with Gasteiger partial charge in [0.25, 0.3) is 5.91 Å². The van der Waals surface area contributed by atoms with E-state index in [1.54, 1.807) is 6.07 Å². The third-order valence-corrected chi connectivity index (χ3v) is 4.11. The first-order valence-corrected chi connectivity index (χ1v) is 7.71. The van der Waals surface area contributed by atoms with E-state index in [4.69, 9.17) is 0 Å². The van der Waals surface area contributed by atoms with Crippen LogP contribution < -0.4 is 0 Å². The molecule has 0 spiro atoms. The molecule has 5 heteroatoms. The molecule has 3 rings (SSSR count). The summed E-state index contributed by atoms with van der Waals surface area (Å²) in [4.78, 5) is 14.6. The van der Waals surface area contributed by atoms with Crippen molar-refractivity contribution in [3.63, 3.8) is 0 Å². The maximum absolute atomic E-state index is 13.3. The molecule has 21 heavy (non-hydrogen) atoms. The van der Waals surface area contributed by atoms with E-state index in [1.807, 2.05) is 34.8 Å². The summed E-state index contributed by atoms with van der Waals surface area (Å²) in [5, 5.41) is 0. The lowest BCUT2D eigenvalue weighted by Crippen LogP contribution is -2.33. The van der Waals surface area contributed by atoms with E-state index in [0.29, 0.717) is 12.2 Å². The Morgan fingerprint density at radius 3 is 2.76 bits per heavy atom. The molecule has 110 valence electrons. The largest absolute Gasteiger partial charge is 0.345 e. The Balaban J connectivity index is 1.85. The Labute approximate surface area is 131 Å². The number of aromatic nitrogens is 1. The minimum Gasteiger partial charge on any atom is -0.345 e. The van der Waals surface area contributed by atoms with Crippen LogP contribution in [0.1, 0.15) is 28.9 Å². The van der Waals surface area contributed by atoms with Gasteiger partial charge < -0.3 is 9.47 Å². The molecule has 1 amide bonds. The molecule has 1 aromatic carbocycles. The molecule has 0 unspecified atom stereocenters. The van der Waals surface area contributed by atoms with Gasteiger partial charge in [-0.05, 0) is 52.5 Å². The molecule has 1 heterocycles. The average Bonchev–Trinajstić information content (AvgIpc) is 3.21. The highest BCUT2D eigenvalue weighted by molar-refractivity contribution is 9.10. The molecule has 1 fully saturated rings. The summed E-state index contributed by atoms with van der Waals surface area (Å²) in [5.74, 6) is -0.271. The Hall–Kier alpha value is -1.62. The third kappa shape index (κ3) is 3.18. The van der Waals surface area contributed by atoms with Crippen LogP contribution in [0.5, 0.6) is 0 Å². The fraction of sp³-hybridized carbons (Fsp3) is 0.312. The van der Waals surface area contributed by atoms with Crippen LogP contribution >= 0.6 is 15.9 Å². The smallest absolute Gasteiger partial charge is 0.271 e. The molecule has 0 saturated heterocycles. The number of rotatable bonds is 4. The molecule has 1 saturated carbocycles. The van der Waals surface area contributed by atoms with E-state index in [0.717, 1.165) is 22.9 Å². The van der Waals surface area contributed by atoms with Gasteiger partial charge in [0.05, 0.1) is 0 Å². The number of halogens is 2. The number of nitrogens with zero attached hydrogens (tertiary/aromatic N) is 2. The van der Waals surface area contributed by atoms with Crippen molar-refractivity contribution in [3.05, 3.63) is 58.1 Å². The SMILES string of the molecule is Cn1cc(Br)cc1C(=O)N(Cc1cccc(F)c1)C1CC1. The lowest BCUT2D eigenvalue weighted by molar-refractivity contribution is 0.0720. The molecular formula is C16H16BrFN2O. The van der Waals surface area contributed by atoms with Crippen LogP contribution in [-0.4, -0.2) is 21.4 Å². The van der Waals surface area contributed by atoms with Crippen LogP contribution in [0.3, 0.4) is 0 Å². The summed E-state index contributed by atoms with van der Waals surface area (Å²) in [6, 6.07) is 8.54. The van der Waals surface area contributed by atoms with Gasteiger partial charge in [0.2, 0.25) is 0 Å². The number of carbonyl (C=O) groups is 1. The van der Waals surface area contributed by atoms with Crippen LogP contribution in [0.4, 0.5) is 4.39 Å². The molecule has 1 aliphatic carbocycles. The molecule has 1 aliphatic rings. The van der Waals surface area contributed by atoms with Crippen molar-refractivity contribution >= 4 is 21.8 Å². The number of hydrogen-bond acceptors (Lipinski definition) is 1. The van der Waals surface area contributed by atoms with Crippen molar-refractivity contribution in [1.29, 1.82) is 0 Å². The van der Waals surface area contributed by atoms with Gasteiger partial charge in [0.1, 0.15) is 11.5 Å². The molecule has 0 aliphatic heterocycles. The van der Waals surface area contributed by atoms with Crippen LogP contribution in [-0.2, 0) is 13.6 Å². The molecule has 0 N–H and O–H groups in total. The predicted molar refractivity (Wildman–Crippen MR) is 82.4 cm³/mol. The minimum absolute atomic E-state index is 0.00467. The first kappa shape index (κ1) is 14.3. The van der Waals surface area contributed by atoms with Gasteiger partial charge in [-0.3, -0.25) is 4.79 Å². The van der Waals surface area contributed by atoms with Crippen molar-refractivity contribution in [2.24, 2.45) is 7.05 Å². The number of benzene rings is 1. The number of hydrogen-bond donors (Lipinski definition) is 0. The summed E-state index contributed by atoms with van der Waals surface area (Å²) in [7, 11) is 1.85. The second-order valence-electron chi connectivity index (χ2n) is 5.45. The van der Waals surface area contributed by atoms with Gasteiger partial charge in [-0.2, -0.15) is 0 Å². The predicted octanol–water partition coefficient (Wildman–Crippen LogP) is 3.73.